The van der Waals surface area contributed by atoms with Crippen molar-refractivity contribution in [3.8, 4) is 0 Å². The van der Waals surface area contributed by atoms with Gasteiger partial charge in [-0.2, -0.15) is 0 Å². The minimum Gasteiger partial charge on any atom is -0.382 e. The fraction of sp³-hybridized carbons (Fsp3) is 0.600. The first-order valence-corrected chi connectivity index (χ1v) is 8.65. The van der Waals surface area contributed by atoms with E-state index in [1.165, 1.54) is 4.31 Å². The number of nitrogens with one attached hydrogen (secondary N) is 1. The van der Waals surface area contributed by atoms with Gasteiger partial charge in [0.2, 0.25) is 10.0 Å². The standard InChI is InChI=1S/C15H26N2O2S/c1-5-8-13(9-6-2)16-14-10-7-11-15(12-14)20(18,19)17(3)4/h7,10-13,16H,5-6,8-9H2,1-4H3. The minimum atomic E-state index is -3.37. The van der Waals surface area contributed by atoms with Crippen molar-refractivity contribution in [3.05, 3.63) is 24.3 Å². The Bertz CT molecular complexity index is 506. The van der Waals surface area contributed by atoms with Gasteiger partial charge in [0.1, 0.15) is 0 Å². The van der Waals surface area contributed by atoms with E-state index >= 15 is 0 Å². The maximum absolute atomic E-state index is 12.1. The molecule has 0 amide bonds. The average molecular weight is 298 g/mol. The molecule has 0 radical (unpaired) electrons. The third-order valence-corrected chi connectivity index (χ3v) is 5.07. The van der Waals surface area contributed by atoms with E-state index < -0.39 is 10.0 Å². The van der Waals surface area contributed by atoms with E-state index in [2.05, 4.69) is 19.2 Å². The predicted octanol–water partition coefficient (Wildman–Crippen LogP) is 3.32. The number of benzene rings is 1. The molecule has 0 aliphatic carbocycles. The Hall–Kier alpha value is -1.07. The van der Waals surface area contributed by atoms with E-state index in [0.717, 1.165) is 31.4 Å². The van der Waals surface area contributed by atoms with Crippen LogP contribution in [0.3, 0.4) is 0 Å². The van der Waals surface area contributed by atoms with Gasteiger partial charge in [-0.3, -0.25) is 0 Å². The summed E-state index contributed by atoms with van der Waals surface area (Å²) in [5, 5.41) is 3.45. The Morgan fingerprint density at radius 3 is 2.25 bits per heavy atom. The molecule has 4 nitrogen and oxygen atoms in total. The fourth-order valence-electron chi connectivity index (χ4n) is 2.18. The van der Waals surface area contributed by atoms with Crippen molar-refractivity contribution in [2.45, 2.75) is 50.5 Å². The molecule has 1 N–H and O–H groups in total. The Labute approximate surface area is 123 Å². The maximum Gasteiger partial charge on any atom is 0.242 e. The second-order valence-corrected chi connectivity index (χ2v) is 7.39. The van der Waals surface area contributed by atoms with Crippen molar-refractivity contribution in [2.24, 2.45) is 0 Å². The number of hydrogen-bond acceptors (Lipinski definition) is 3. The molecular formula is C15H26N2O2S. The number of anilines is 1. The van der Waals surface area contributed by atoms with Crippen molar-refractivity contribution in [1.29, 1.82) is 0 Å². The molecule has 0 aliphatic heterocycles. The summed E-state index contributed by atoms with van der Waals surface area (Å²) in [6.45, 7) is 4.33. The lowest BCUT2D eigenvalue weighted by atomic mass is 10.1. The van der Waals surface area contributed by atoms with Crippen LogP contribution < -0.4 is 5.32 Å². The number of hydrogen-bond donors (Lipinski definition) is 1. The van der Waals surface area contributed by atoms with E-state index in [-0.39, 0.29) is 0 Å². The molecule has 0 saturated heterocycles. The van der Waals surface area contributed by atoms with Crippen LogP contribution in [0.1, 0.15) is 39.5 Å². The largest absolute Gasteiger partial charge is 0.382 e. The number of nitrogens with zero attached hydrogens (tertiary/aromatic N) is 1. The minimum absolute atomic E-state index is 0.333. The highest BCUT2D eigenvalue weighted by molar-refractivity contribution is 7.89. The van der Waals surface area contributed by atoms with Crippen LogP contribution in [0.25, 0.3) is 0 Å². The van der Waals surface area contributed by atoms with Crippen LogP contribution >= 0.6 is 0 Å². The lowest BCUT2D eigenvalue weighted by molar-refractivity contribution is 0.520. The number of rotatable bonds is 8. The normalized spacial score (nSPS) is 12.1. The lowest BCUT2D eigenvalue weighted by Crippen LogP contribution is -2.23. The van der Waals surface area contributed by atoms with E-state index in [9.17, 15) is 8.42 Å². The third kappa shape index (κ3) is 4.49. The molecule has 0 spiro atoms. The van der Waals surface area contributed by atoms with Crippen molar-refractivity contribution in [2.75, 3.05) is 19.4 Å². The molecule has 1 rings (SSSR count). The van der Waals surface area contributed by atoms with Gasteiger partial charge in [-0.15, -0.1) is 0 Å². The van der Waals surface area contributed by atoms with Gasteiger partial charge in [0.15, 0.2) is 0 Å². The van der Waals surface area contributed by atoms with Gasteiger partial charge in [-0.25, -0.2) is 12.7 Å². The third-order valence-electron chi connectivity index (χ3n) is 3.26. The van der Waals surface area contributed by atoms with Crippen LogP contribution in [0.2, 0.25) is 0 Å². The van der Waals surface area contributed by atoms with Crippen molar-refractivity contribution < 1.29 is 8.42 Å². The van der Waals surface area contributed by atoms with Crippen LogP contribution in [0.15, 0.2) is 29.2 Å². The summed E-state index contributed by atoms with van der Waals surface area (Å²) in [6, 6.07) is 7.46. The summed E-state index contributed by atoms with van der Waals surface area (Å²) >= 11 is 0. The van der Waals surface area contributed by atoms with E-state index in [4.69, 9.17) is 0 Å². The highest BCUT2D eigenvalue weighted by atomic mass is 32.2. The Morgan fingerprint density at radius 1 is 1.15 bits per heavy atom. The summed E-state index contributed by atoms with van der Waals surface area (Å²) in [6.07, 6.45) is 4.43. The number of sulfonamides is 1. The highest BCUT2D eigenvalue weighted by Gasteiger charge is 2.17. The van der Waals surface area contributed by atoms with Gasteiger partial charge in [0.25, 0.3) is 0 Å². The summed E-state index contributed by atoms with van der Waals surface area (Å²) in [5.74, 6) is 0. The predicted molar refractivity (Wildman–Crippen MR) is 84.5 cm³/mol. The van der Waals surface area contributed by atoms with Crippen LogP contribution in [-0.2, 0) is 10.0 Å². The molecule has 1 aromatic rings. The molecule has 5 heteroatoms. The van der Waals surface area contributed by atoms with Gasteiger partial charge < -0.3 is 5.32 Å². The second-order valence-electron chi connectivity index (χ2n) is 5.23. The van der Waals surface area contributed by atoms with E-state index in [1.807, 2.05) is 6.07 Å². The van der Waals surface area contributed by atoms with Crippen LogP contribution in [0.5, 0.6) is 0 Å². The Balaban J connectivity index is 2.93. The van der Waals surface area contributed by atoms with Crippen LogP contribution in [0.4, 0.5) is 5.69 Å². The molecule has 0 heterocycles. The van der Waals surface area contributed by atoms with Gasteiger partial charge in [0.05, 0.1) is 4.90 Å². The van der Waals surface area contributed by atoms with Crippen molar-refractivity contribution in [1.82, 2.24) is 4.31 Å². The first-order valence-electron chi connectivity index (χ1n) is 7.21. The smallest absolute Gasteiger partial charge is 0.242 e. The van der Waals surface area contributed by atoms with Crippen LogP contribution in [-0.4, -0.2) is 32.9 Å². The summed E-state index contributed by atoms with van der Waals surface area (Å²) < 4.78 is 25.5. The topological polar surface area (TPSA) is 49.4 Å². The summed E-state index contributed by atoms with van der Waals surface area (Å²) in [7, 11) is -0.270. The zero-order valence-corrected chi connectivity index (χ0v) is 13.7. The molecule has 0 aliphatic rings. The molecular weight excluding hydrogens is 272 g/mol. The monoisotopic (exact) mass is 298 g/mol. The maximum atomic E-state index is 12.1. The zero-order valence-electron chi connectivity index (χ0n) is 12.9. The fourth-order valence-corrected chi connectivity index (χ4v) is 3.13. The average Bonchev–Trinajstić information content (AvgIpc) is 2.39. The molecule has 0 atom stereocenters. The van der Waals surface area contributed by atoms with Crippen LogP contribution in [0, 0.1) is 0 Å². The summed E-state index contributed by atoms with van der Waals surface area (Å²) in [5.41, 5.74) is 0.875. The molecule has 0 aromatic heterocycles. The SMILES string of the molecule is CCCC(CCC)Nc1cccc(S(=O)(=O)N(C)C)c1. The highest BCUT2D eigenvalue weighted by Crippen LogP contribution is 2.20. The van der Waals surface area contributed by atoms with E-state index in [1.54, 1.807) is 32.3 Å². The lowest BCUT2D eigenvalue weighted by Gasteiger charge is -2.19. The molecule has 114 valence electrons. The summed E-state index contributed by atoms with van der Waals surface area (Å²) in [4.78, 5) is 0.333. The first-order chi connectivity index (χ1) is 9.41. The van der Waals surface area contributed by atoms with E-state index in [0.29, 0.717) is 10.9 Å². The van der Waals surface area contributed by atoms with Crippen molar-refractivity contribution in [3.63, 3.8) is 0 Å². The second kappa shape index (κ2) is 7.64. The molecule has 0 saturated carbocycles. The van der Waals surface area contributed by atoms with Gasteiger partial charge >= 0.3 is 0 Å². The van der Waals surface area contributed by atoms with Crippen molar-refractivity contribution >= 4 is 15.7 Å². The zero-order chi connectivity index (χ0) is 15.2. The molecule has 20 heavy (non-hydrogen) atoms. The quantitative estimate of drug-likeness (QED) is 0.801. The molecule has 0 fully saturated rings. The molecule has 0 bridgehead atoms. The van der Waals surface area contributed by atoms with Gasteiger partial charge in [-0.05, 0) is 31.0 Å². The Morgan fingerprint density at radius 2 is 1.75 bits per heavy atom. The Kier molecular flexibility index (Phi) is 6.49. The molecule has 0 unspecified atom stereocenters. The van der Waals surface area contributed by atoms with Gasteiger partial charge in [-0.1, -0.05) is 32.8 Å². The first kappa shape index (κ1) is 17.0. The molecule has 1 aromatic carbocycles. The van der Waals surface area contributed by atoms with Gasteiger partial charge in [0, 0.05) is 25.8 Å².